The van der Waals surface area contributed by atoms with Crippen LogP contribution in [0.4, 0.5) is 0 Å². The second kappa shape index (κ2) is 5.11. The van der Waals surface area contributed by atoms with E-state index in [1.807, 2.05) is 24.2 Å². The molecule has 1 N–H and O–H groups in total. The maximum atomic E-state index is 11.8. The van der Waals surface area contributed by atoms with E-state index >= 15 is 0 Å². The Labute approximate surface area is 129 Å². The van der Waals surface area contributed by atoms with E-state index in [4.69, 9.17) is 4.84 Å². The van der Waals surface area contributed by atoms with Gasteiger partial charge in [-0.2, -0.15) is 5.06 Å². The molecule has 3 heterocycles. The fraction of sp³-hybridized carbons (Fsp3) is 0.471. The average Bonchev–Trinajstić information content (AvgIpc) is 2.69. The number of carbonyl (C=O) groups is 1. The summed E-state index contributed by atoms with van der Waals surface area (Å²) in [6, 6.07) is 8.13. The Hall–Kier alpha value is -1.85. The molecule has 116 valence electrons. The zero-order chi connectivity index (χ0) is 15.3. The van der Waals surface area contributed by atoms with Gasteiger partial charge in [0.15, 0.2) is 0 Å². The third-order valence-corrected chi connectivity index (χ3v) is 5.05. The van der Waals surface area contributed by atoms with Gasteiger partial charge >= 0.3 is 5.97 Å². The Bertz CT molecular complexity index is 737. The van der Waals surface area contributed by atoms with Crippen LogP contribution >= 0.6 is 0 Å². The molecule has 0 amide bonds. The first-order valence-electron chi connectivity index (χ1n) is 7.87. The molecule has 2 atom stereocenters. The minimum absolute atomic E-state index is 0.193. The number of hydrogen-bond donors (Lipinski definition) is 1. The Morgan fingerprint density at radius 2 is 2.18 bits per heavy atom. The molecule has 5 nitrogen and oxygen atoms in total. The minimum atomic E-state index is -0.724. The number of carboxylic acids is 1. The Morgan fingerprint density at radius 1 is 1.36 bits per heavy atom. The van der Waals surface area contributed by atoms with E-state index < -0.39 is 11.9 Å². The number of para-hydroxylation sites is 1. The van der Waals surface area contributed by atoms with Gasteiger partial charge in [0.2, 0.25) is 0 Å². The van der Waals surface area contributed by atoms with Crippen LogP contribution in [0.3, 0.4) is 0 Å². The van der Waals surface area contributed by atoms with E-state index in [2.05, 4.69) is 16.7 Å². The van der Waals surface area contributed by atoms with Crippen molar-refractivity contribution < 1.29 is 14.7 Å². The standard InChI is InChI=1S/C17H20N2O3/c1-18-14-7-3-2-5-11(14)12-8-9-19-16(15(12)18)13(17(20)21)6-4-10-22-19/h2-3,5,7,13,16H,4,6,8-10H2,1H3,(H,20,21)/t13-,16+/m1/s1. The summed E-state index contributed by atoms with van der Waals surface area (Å²) in [5, 5.41) is 12.9. The normalized spacial score (nSPS) is 25.5. The molecule has 0 aliphatic carbocycles. The van der Waals surface area contributed by atoms with Gasteiger partial charge in [-0.1, -0.05) is 18.2 Å². The summed E-state index contributed by atoms with van der Waals surface area (Å²) in [5.41, 5.74) is 3.57. The van der Waals surface area contributed by atoms with Crippen molar-refractivity contribution in [1.82, 2.24) is 9.63 Å². The maximum absolute atomic E-state index is 11.8. The number of rotatable bonds is 1. The number of benzene rings is 1. The first-order chi connectivity index (χ1) is 10.7. The molecule has 0 radical (unpaired) electrons. The lowest BCUT2D eigenvalue weighted by atomic mass is 9.87. The largest absolute Gasteiger partial charge is 0.481 e. The molecule has 1 fully saturated rings. The molecule has 1 aromatic carbocycles. The van der Waals surface area contributed by atoms with Crippen molar-refractivity contribution in [1.29, 1.82) is 0 Å². The molecule has 2 aliphatic rings. The zero-order valence-electron chi connectivity index (χ0n) is 12.7. The smallest absolute Gasteiger partial charge is 0.308 e. The van der Waals surface area contributed by atoms with Crippen LogP contribution in [0, 0.1) is 5.92 Å². The van der Waals surface area contributed by atoms with Crippen molar-refractivity contribution in [2.75, 3.05) is 13.2 Å². The van der Waals surface area contributed by atoms with Gasteiger partial charge in [-0.25, -0.2) is 0 Å². The van der Waals surface area contributed by atoms with Gasteiger partial charge in [0.1, 0.15) is 0 Å². The summed E-state index contributed by atoms with van der Waals surface area (Å²) in [6.07, 6.45) is 2.36. The lowest BCUT2D eigenvalue weighted by Crippen LogP contribution is -2.41. The van der Waals surface area contributed by atoms with Crippen molar-refractivity contribution in [2.24, 2.45) is 13.0 Å². The summed E-state index contributed by atoms with van der Waals surface area (Å²) in [4.78, 5) is 17.7. The highest BCUT2D eigenvalue weighted by Crippen LogP contribution is 2.42. The van der Waals surface area contributed by atoms with Crippen LogP contribution in [-0.4, -0.2) is 33.9 Å². The molecule has 22 heavy (non-hydrogen) atoms. The van der Waals surface area contributed by atoms with E-state index in [1.54, 1.807) is 0 Å². The van der Waals surface area contributed by atoms with E-state index in [0.717, 1.165) is 25.1 Å². The second-order valence-electron chi connectivity index (χ2n) is 6.20. The van der Waals surface area contributed by atoms with Crippen molar-refractivity contribution in [3.8, 4) is 0 Å². The Morgan fingerprint density at radius 3 is 3.00 bits per heavy atom. The van der Waals surface area contributed by atoms with Gasteiger partial charge in [-0.15, -0.1) is 0 Å². The zero-order valence-corrected chi connectivity index (χ0v) is 12.7. The molecule has 2 aromatic rings. The summed E-state index contributed by atoms with van der Waals surface area (Å²) >= 11 is 0. The fourth-order valence-corrected chi connectivity index (χ4v) is 4.07. The number of aliphatic carboxylic acids is 1. The van der Waals surface area contributed by atoms with Gasteiger partial charge in [-0.05, 0) is 30.9 Å². The third-order valence-electron chi connectivity index (χ3n) is 5.05. The number of hydroxylamine groups is 2. The molecule has 0 spiro atoms. The van der Waals surface area contributed by atoms with Crippen molar-refractivity contribution in [3.05, 3.63) is 35.5 Å². The van der Waals surface area contributed by atoms with Gasteiger partial charge in [0, 0.05) is 30.2 Å². The number of carboxylic acid groups (broad SMARTS) is 1. The fourth-order valence-electron chi connectivity index (χ4n) is 4.07. The van der Waals surface area contributed by atoms with Gasteiger partial charge in [-0.3, -0.25) is 9.63 Å². The predicted molar refractivity (Wildman–Crippen MR) is 82.4 cm³/mol. The molecule has 0 saturated carbocycles. The number of aryl methyl sites for hydroxylation is 1. The SMILES string of the molecule is Cn1c2c(c3ccccc31)CCN1OCCC[C@@H](C(=O)O)[C@@H]21. The van der Waals surface area contributed by atoms with Gasteiger partial charge in [0.05, 0.1) is 18.6 Å². The molecule has 4 rings (SSSR count). The molecule has 1 saturated heterocycles. The number of hydrogen-bond acceptors (Lipinski definition) is 3. The number of fused-ring (bicyclic) bond motifs is 5. The lowest BCUT2D eigenvalue weighted by molar-refractivity contribution is -0.197. The highest BCUT2D eigenvalue weighted by atomic mass is 16.7. The molecule has 0 bridgehead atoms. The highest BCUT2D eigenvalue weighted by molar-refractivity contribution is 5.86. The summed E-state index contributed by atoms with van der Waals surface area (Å²) in [5.74, 6) is -1.14. The van der Waals surface area contributed by atoms with Crippen LogP contribution in [0.2, 0.25) is 0 Å². The topological polar surface area (TPSA) is 54.7 Å². The van der Waals surface area contributed by atoms with Crippen LogP contribution in [-0.2, 0) is 23.1 Å². The molecule has 5 heteroatoms. The first-order valence-corrected chi connectivity index (χ1v) is 7.87. The monoisotopic (exact) mass is 300 g/mol. The number of aromatic nitrogens is 1. The van der Waals surface area contributed by atoms with E-state index in [9.17, 15) is 9.90 Å². The van der Waals surface area contributed by atoms with Crippen LogP contribution < -0.4 is 0 Å². The molecule has 2 aliphatic heterocycles. The number of nitrogens with zero attached hydrogens (tertiary/aromatic N) is 2. The summed E-state index contributed by atoms with van der Waals surface area (Å²) in [7, 11) is 2.04. The van der Waals surface area contributed by atoms with E-state index in [-0.39, 0.29) is 6.04 Å². The predicted octanol–water partition coefficient (Wildman–Crippen LogP) is 2.50. The van der Waals surface area contributed by atoms with Crippen LogP contribution in [0.15, 0.2) is 24.3 Å². The van der Waals surface area contributed by atoms with Crippen molar-refractivity contribution in [2.45, 2.75) is 25.3 Å². The summed E-state index contributed by atoms with van der Waals surface area (Å²) < 4.78 is 2.16. The highest BCUT2D eigenvalue weighted by Gasteiger charge is 2.42. The van der Waals surface area contributed by atoms with E-state index in [0.29, 0.717) is 13.0 Å². The van der Waals surface area contributed by atoms with Crippen LogP contribution in [0.25, 0.3) is 10.9 Å². The minimum Gasteiger partial charge on any atom is -0.481 e. The Balaban J connectivity index is 1.94. The maximum Gasteiger partial charge on any atom is 0.308 e. The van der Waals surface area contributed by atoms with E-state index in [1.165, 1.54) is 16.5 Å². The molecule has 0 unspecified atom stereocenters. The van der Waals surface area contributed by atoms with Crippen LogP contribution in [0.5, 0.6) is 0 Å². The second-order valence-corrected chi connectivity index (χ2v) is 6.20. The van der Waals surface area contributed by atoms with Gasteiger partial charge in [0.25, 0.3) is 0 Å². The molecular formula is C17H20N2O3. The first kappa shape index (κ1) is 13.8. The average molecular weight is 300 g/mol. The lowest BCUT2D eigenvalue weighted by Gasteiger charge is -2.36. The molecular weight excluding hydrogens is 280 g/mol. The third kappa shape index (κ3) is 1.89. The van der Waals surface area contributed by atoms with Crippen LogP contribution in [0.1, 0.15) is 30.1 Å². The summed E-state index contributed by atoms with van der Waals surface area (Å²) in [6.45, 7) is 1.37. The quantitative estimate of drug-likeness (QED) is 0.879. The van der Waals surface area contributed by atoms with Crippen molar-refractivity contribution >= 4 is 16.9 Å². The van der Waals surface area contributed by atoms with Crippen molar-refractivity contribution in [3.63, 3.8) is 0 Å². The van der Waals surface area contributed by atoms with Gasteiger partial charge < -0.3 is 9.67 Å². The molecule has 1 aromatic heterocycles. The Kier molecular flexibility index (Phi) is 3.20.